The lowest BCUT2D eigenvalue weighted by Crippen LogP contribution is -2.43. The van der Waals surface area contributed by atoms with E-state index in [4.69, 9.17) is 0 Å². The molecule has 0 aromatic carbocycles. The van der Waals surface area contributed by atoms with E-state index in [-0.39, 0.29) is 6.10 Å². The van der Waals surface area contributed by atoms with Gasteiger partial charge in [0.25, 0.3) is 0 Å². The summed E-state index contributed by atoms with van der Waals surface area (Å²) in [4.78, 5) is 0. The van der Waals surface area contributed by atoms with Gasteiger partial charge in [-0.05, 0) is 57.4 Å². The second-order valence-corrected chi connectivity index (χ2v) is 5.78. The Morgan fingerprint density at radius 2 is 1.44 bits per heavy atom. The Hall–Kier alpha value is -0.0800. The Morgan fingerprint density at radius 3 is 2.00 bits per heavy atom. The van der Waals surface area contributed by atoms with Crippen LogP contribution in [0.5, 0.6) is 0 Å². The van der Waals surface area contributed by atoms with Crippen LogP contribution >= 0.6 is 0 Å². The van der Waals surface area contributed by atoms with E-state index in [0.29, 0.717) is 6.04 Å². The SMILES string of the molecule is CNC(C1CCCCC1)C1CCC(O)CC1. The molecule has 1 atom stereocenters. The normalized spacial score (nSPS) is 34.9. The van der Waals surface area contributed by atoms with Crippen molar-refractivity contribution in [1.29, 1.82) is 0 Å². The predicted octanol–water partition coefficient (Wildman–Crippen LogP) is 2.71. The highest BCUT2D eigenvalue weighted by atomic mass is 16.3. The molecular formula is C14H27NO. The molecule has 0 saturated heterocycles. The van der Waals surface area contributed by atoms with E-state index in [9.17, 15) is 5.11 Å². The summed E-state index contributed by atoms with van der Waals surface area (Å²) < 4.78 is 0. The fraction of sp³-hybridized carbons (Fsp3) is 1.00. The molecule has 0 spiro atoms. The van der Waals surface area contributed by atoms with E-state index in [1.54, 1.807) is 0 Å². The second kappa shape index (κ2) is 6.02. The Bertz CT molecular complexity index is 193. The molecule has 0 aliphatic heterocycles. The summed E-state index contributed by atoms with van der Waals surface area (Å²) in [5.74, 6) is 1.72. The maximum absolute atomic E-state index is 9.57. The third kappa shape index (κ3) is 2.98. The number of aliphatic hydroxyl groups excluding tert-OH is 1. The van der Waals surface area contributed by atoms with Gasteiger partial charge < -0.3 is 10.4 Å². The summed E-state index contributed by atoms with van der Waals surface area (Å²) in [6.07, 6.45) is 11.6. The van der Waals surface area contributed by atoms with Crippen molar-refractivity contribution in [1.82, 2.24) is 5.32 Å². The van der Waals surface area contributed by atoms with Crippen LogP contribution in [0.25, 0.3) is 0 Å². The van der Waals surface area contributed by atoms with Crippen molar-refractivity contribution in [3.05, 3.63) is 0 Å². The minimum Gasteiger partial charge on any atom is -0.393 e. The molecule has 1 unspecified atom stereocenters. The molecule has 94 valence electrons. The predicted molar refractivity (Wildman–Crippen MR) is 67.4 cm³/mol. The number of hydrogen-bond donors (Lipinski definition) is 2. The van der Waals surface area contributed by atoms with Crippen molar-refractivity contribution < 1.29 is 5.11 Å². The average Bonchev–Trinajstić information content (AvgIpc) is 2.34. The Kier molecular flexibility index (Phi) is 4.66. The lowest BCUT2D eigenvalue weighted by atomic mass is 9.73. The molecule has 0 radical (unpaired) electrons. The number of nitrogens with one attached hydrogen (secondary N) is 1. The summed E-state index contributed by atoms with van der Waals surface area (Å²) in [6.45, 7) is 0. The van der Waals surface area contributed by atoms with Crippen LogP contribution in [0.3, 0.4) is 0 Å². The third-order valence-corrected chi connectivity index (χ3v) is 4.74. The zero-order valence-corrected chi connectivity index (χ0v) is 10.6. The van der Waals surface area contributed by atoms with Gasteiger partial charge in [0, 0.05) is 6.04 Å². The molecule has 0 aromatic rings. The zero-order chi connectivity index (χ0) is 11.4. The molecule has 2 saturated carbocycles. The maximum Gasteiger partial charge on any atom is 0.0540 e. The van der Waals surface area contributed by atoms with Gasteiger partial charge in [-0.1, -0.05) is 19.3 Å². The van der Waals surface area contributed by atoms with Crippen LogP contribution in [0, 0.1) is 11.8 Å². The summed E-state index contributed by atoms with van der Waals surface area (Å²) in [5, 5.41) is 13.1. The Balaban J connectivity index is 1.88. The smallest absolute Gasteiger partial charge is 0.0540 e. The minimum absolute atomic E-state index is 0.0138. The lowest BCUT2D eigenvalue weighted by Gasteiger charge is -2.38. The van der Waals surface area contributed by atoms with E-state index < -0.39 is 0 Å². The van der Waals surface area contributed by atoms with Crippen LogP contribution in [0.2, 0.25) is 0 Å². The summed E-state index contributed by atoms with van der Waals surface area (Å²) >= 11 is 0. The molecule has 2 rings (SSSR count). The molecule has 2 aliphatic carbocycles. The first kappa shape index (κ1) is 12.4. The second-order valence-electron chi connectivity index (χ2n) is 5.78. The van der Waals surface area contributed by atoms with Gasteiger partial charge in [0.1, 0.15) is 0 Å². The molecule has 0 amide bonds. The molecule has 2 aliphatic rings. The van der Waals surface area contributed by atoms with Gasteiger partial charge in [-0.25, -0.2) is 0 Å². The average molecular weight is 225 g/mol. The maximum atomic E-state index is 9.57. The van der Waals surface area contributed by atoms with Gasteiger partial charge in [0.2, 0.25) is 0 Å². The third-order valence-electron chi connectivity index (χ3n) is 4.74. The van der Waals surface area contributed by atoms with Gasteiger partial charge in [0.05, 0.1) is 6.10 Å². The van der Waals surface area contributed by atoms with E-state index in [1.165, 1.54) is 44.9 Å². The molecular weight excluding hydrogens is 198 g/mol. The highest BCUT2D eigenvalue weighted by molar-refractivity contribution is 4.87. The lowest BCUT2D eigenvalue weighted by molar-refractivity contribution is 0.0835. The zero-order valence-electron chi connectivity index (χ0n) is 10.6. The van der Waals surface area contributed by atoms with Crippen molar-refractivity contribution >= 4 is 0 Å². The van der Waals surface area contributed by atoms with E-state index in [1.807, 2.05) is 0 Å². The van der Waals surface area contributed by atoms with Crippen LogP contribution in [0.15, 0.2) is 0 Å². The highest BCUT2D eigenvalue weighted by Gasteiger charge is 2.31. The topological polar surface area (TPSA) is 32.3 Å². The van der Waals surface area contributed by atoms with E-state index in [2.05, 4.69) is 12.4 Å². The molecule has 2 nitrogen and oxygen atoms in total. The van der Waals surface area contributed by atoms with Crippen LogP contribution in [-0.4, -0.2) is 24.3 Å². The first-order valence-corrected chi connectivity index (χ1v) is 7.16. The van der Waals surface area contributed by atoms with Gasteiger partial charge in [-0.2, -0.15) is 0 Å². The van der Waals surface area contributed by atoms with Crippen LogP contribution in [-0.2, 0) is 0 Å². The van der Waals surface area contributed by atoms with E-state index >= 15 is 0 Å². The molecule has 0 heterocycles. The standard InChI is InChI=1S/C14H27NO/c1-15-14(11-5-3-2-4-6-11)12-7-9-13(16)10-8-12/h11-16H,2-10H2,1H3. The largest absolute Gasteiger partial charge is 0.393 e. The van der Waals surface area contributed by atoms with Crippen molar-refractivity contribution in [2.45, 2.75) is 69.9 Å². The van der Waals surface area contributed by atoms with Gasteiger partial charge in [-0.15, -0.1) is 0 Å². The summed E-state index contributed by atoms with van der Waals surface area (Å²) in [6, 6.07) is 0.716. The van der Waals surface area contributed by atoms with Gasteiger partial charge in [-0.3, -0.25) is 0 Å². The molecule has 2 heteroatoms. The Labute approximate surface area is 99.8 Å². The van der Waals surface area contributed by atoms with Gasteiger partial charge >= 0.3 is 0 Å². The summed E-state index contributed by atoms with van der Waals surface area (Å²) in [5.41, 5.74) is 0. The van der Waals surface area contributed by atoms with Gasteiger partial charge in [0.15, 0.2) is 0 Å². The minimum atomic E-state index is -0.0138. The first-order valence-electron chi connectivity index (χ1n) is 7.16. The Morgan fingerprint density at radius 1 is 0.875 bits per heavy atom. The van der Waals surface area contributed by atoms with Crippen molar-refractivity contribution in [2.24, 2.45) is 11.8 Å². The number of rotatable bonds is 3. The molecule has 2 fully saturated rings. The summed E-state index contributed by atoms with van der Waals surface area (Å²) in [7, 11) is 2.13. The number of aliphatic hydroxyl groups is 1. The first-order chi connectivity index (χ1) is 7.81. The monoisotopic (exact) mass is 225 g/mol. The van der Waals surface area contributed by atoms with Crippen LogP contribution in [0.1, 0.15) is 57.8 Å². The van der Waals surface area contributed by atoms with E-state index in [0.717, 1.165) is 24.7 Å². The molecule has 16 heavy (non-hydrogen) atoms. The van der Waals surface area contributed by atoms with Crippen LogP contribution in [0.4, 0.5) is 0 Å². The molecule has 2 N–H and O–H groups in total. The fourth-order valence-corrected chi connectivity index (χ4v) is 3.81. The van der Waals surface area contributed by atoms with Crippen molar-refractivity contribution in [3.63, 3.8) is 0 Å². The molecule has 0 bridgehead atoms. The number of hydrogen-bond acceptors (Lipinski definition) is 2. The van der Waals surface area contributed by atoms with Crippen molar-refractivity contribution in [2.75, 3.05) is 7.05 Å². The van der Waals surface area contributed by atoms with Crippen molar-refractivity contribution in [3.8, 4) is 0 Å². The molecule has 0 aromatic heterocycles. The van der Waals surface area contributed by atoms with Crippen LogP contribution < -0.4 is 5.32 Å². The fourth-order valence-electron chi connectivity index (χ4n) is 3.81. The highest BCUT2D eigenvalue weighted by Crippen LogP contribution is 2.35. The quantitative estimate of drug-likeness (QED) is 0.774.